The highest BCUT2D eigenvalue weighted by molar-refractivity contribution is 7.89. The number of nitrogens with one attached hydrogen (secondary N) is 2. The van der Waals surface area contributed by atoms with Crippen molar-refractivity contribution in [3.05, 3.63) is 24.3 Å². The zero-order chi connectivity index (χ0) is 15.9. The topological polar surface area (TPSA) is 122 Å². The van der Waals surface area contributed by atoms with E-state index in [-0.39, 0.29) is 17.1 Å². The summed E-state index contributed by atoms with van der Waals surface area (Å²) in [6.45, 7) is 0.761. The average Bonchev–Trinajstić information content (AvgIpc) is 2.38. The Kier molecular flexibility index (Phi) is 6.28. The largest absolute Gasteiger partial charge is 0.480 e. The van der Waals surface area contributed by atoms with Crippen LogP contribution in [0.15, 0.2) is 29.2 Å². The molecule has 3 N–H and O–H groups in total. The summed E-state index contributed by atoms with van der Waals surface area (Å²) < 4.78 is 30.9. The third-order valence-corrected chi connectivity index (χ3v) is 3.85. The maximum Gasteiger partial charge on any atom is 0.329 e. The van der Waals surface area contributed by atoms with Gasteiger partial charge in [-0.2, -0.15) is 0 Å². The van der Waals surface area contributed by atoms with Crippen molar-refractivity contribution in [3.8, 4) is 0 Å². The van der Waals surface area contributed by atoms with E-state index in [0.29, 0.717) is 0 Å². The molecule has 21 heavy (non-hydrogen) atoms. The maximum atomic E-state index is 12.0. The van der Waals surface area contributed by atoms with Crippen LogP contribution in [0.1, 0.15) is 6.92 Å². The number of hydrogen-bond donors (Lipinski definition) is 3. The van der Waals surface area contributed by atoms with Crippen LogP contribution in [-0.2, 0) is 24.3 Å². The summed E-state index contributed by atoms with van der Waals surface area (Å²) in [5, 5.41) is 10.8. The van der Waals surface area contributed by atoms with E-state index in [2.05, 4.69) is 14.8 Å². The molecule has 0 saturated carbocycles. The van der Waals surface area contributed by atoms with Gasteiger partial charge >= 0.3 is 5.97 Å². The van der Waals surface area contributed by atoms with Gasteiger partial charge in [-0.05, 0) is 12.1 Å². The third-order valence-electron chi connectivity index (χ3n) is 2.24. The first kappa shape index (κ1) is 17.1. The summed E-state index contributed by atoms with van der Waals surface area (Å²) in [6, 6.07) is 5.88. The van der Waals surface area contributed by atoms with Gasteiger partial charge in [-0.1, -0.05) is 19.1 Å². The van der Waals surface area contributed by atoms with Gasteiger partial charge in [0.2, 0.25) is 15.9 Å². The van der Waals surface area contributed by atoms with Crippen molar-refractivity contribution in [2.75, 3.05) is 25.1 Å². The molecule has 0 radical (unpaired) electrons. The van der Waals surface area contributed by atoms with Gasteiger partial charge < -0.3 is 15.2 Å². The van der Waals surface area contributed by atoms with E-state index < -0.39 is 35.1 Å². The van der Waals surface area contributed by atoms with Crippen molar-refractivity contribution in [3.63, 3.8) is 0 Å². The Hall–Kier alpha value is -1.97. The molecular formula is C12H16N2O6S. The molecule has 0 heterocycles. The van der Waals surface area contributed by atoms with Crippen LogP contribution in [-0.4, -0.2) is 45.2 Å². The summed E-state index contributed by atoms with van der Waals surface area (Å²) in [4.78, 5) is 21.8. The van der Waals surface area contributed by atoms with Crippen molar-refractivity contribution < 1.29 is 27.9 Å². The molecule has 1 aromatic carbocycles. The quantitative estimate of drug-likeness (QED) is 0.622. The highest BCUT2D eigenvalue weighted by Gasteiger charge is 2.18. The SMILES string of the molecule is CCNS(=O)(=O)c1ccccc1NC(=O)COCC(=O)O. The fourth-order valence-electron chi connectivity index (χ4n) is 1.49. The van der Waals surface area contributed by atoms with E-state index in [0.717, 1.165) is 0 Å². The van der Waals surface area contributed by atoms with Crippen LogP contribution in [0.3, 0.4) is 0 Å². The van der Waals surface area contributed by atoms with E-state index in [4.69, 9.17) is 5.11 Å². The second kappa shape index (κ2) is 7.72. The molecule has 1 amide bonds. The number of ether oxygens (including phenoxy) is 1. The molecule has 0 aromatic heterocycles. The van der Waals surface area contributed by atoms with Gasteiger partial charge in [-0.15, -0.1) is 0 Å². The summed E-state index contributed by atoms with van der Waals surface area (Å²) in [5.41, 5.74) is 0.0994. The molecule has 9 heteroatoms. The number of rotatable bonds is 8. The fourth-order valence-corrected chi connectivity index (χ4v) is 2.69. The zero-order valence-electron chi connectivity index (χ0n) is 11.3. The van der Waals surface area contributed by atoms with Crippen LogP contribution < -0.4 is 10.0 Å². The predicted octanol–water partition coefficient (Wildman–Crippen LogP) is 0.0245. The Morgan fingerprint density at radius 2 is 1.90 bits per heavy atom. The molecule has 0 atom stereocenters. The maximum absolute atomic E-state index is 12.0. The predicted molar refractivity (Wildman–Crippen MR) is 74.4 cm³/mol. The highest BCUT2D eigenvalue weighted by Crippen LogP contribution is 2.20. The van der Waals surface area contributed by atoms with E-state index in [1.165, 1.54) is 18.2 Å². The number of amides is 1. The number of hydrogen-bond acceptors (Lipinski definition) is 5. The van der Waals surface area contributed by atoms with Crippen molar-refractivity contribution in [1.29, 1.82) is 0 Å². The van der Waals surface area contributed by atoms with Crippen molar-refractivity contribution in [2.24, 2.45) is 0 Å². The smallest absolute Gasteiger partial charge is 0.329 e. The van der Waals surface area contributed by atoms with Crippen LogP contribution >= 0.6 is 0 Å². The normalized spacial score (nSPS) is 11.1. The lowest BCUT2D eigenvalue weighted by Crippen LogP contribution is -2.26. The monoisotopic (exact) mass is 316 g/mol. The van der Waals surface area contributed by atoms with Crippen LogP contribution in [0.4, 0.5) is 5.69 Å². The molecule has 0 bridgehead atoms. The molecule has 1 aromatic rings. The Morgan fingerprint density at radius 3 is 2.52 bits per heavy atom. The number of para-hydroxylation sites is 1. The van der Waals surface area contributed by atoms with Gasteiger partial charge in [0, 0.05) is 6.54 Å². The summed E-state index contributed by atoms with van der Waals surface area (Å²) in [7, 11) is -3.72. The molecule has 116 valence electrons. The van der Waals surface area contributed by atoms with Gasteiger partial charge in [0.1, 0.15) is 18.1 Å². The number of carbonyl (C=O) groups excluding carboxylic acids is 1. The minimum atomic E-state index is -3.72. The minimum Gasteiger partial charge on any atom is -0.480 e. The molecule has 0 fully saturated rings. The number of carboxylic acids is 1. The number of carboxylic acid groups (broad SMARTS) is 1. The molecule has 8 nitrogen and oxygen atoms in total. The summed E-state index contributed by atoms with van der Waals surface area (Å²) >= 11 is 0. The number of carbonyl (C=O) groups is 2. The second-order valence-corrected chi connectivity index (χ2v) is 5.67. The van der Waals surface area contributed by atoms with Crippen molar-refractivity contribution in [1.82, 2.24) is 4.72 Å². The first-order valence-corrected chi connectivity index (χ1v) is 7.53. The van der Waals surface area contributed by atoms with E-state index in [9.17, 15) is 18.0 Å². The molecule has 0 aliphatic rings. The molecular weight excluding hydrogens is 300 g/mol. The van der Waals surface area contributed by atoms with Gasteiger partial charge in [0.25, 0.3) is 0 Å². The van der Waals surface area contributed by atoms with Gasteiger partial charge in [-0.3, -0.25) is 4.79 Å². The highest BCUT2D eigenvalue weighted by atomic mass is 32.2. The lowest BCUT2D eigenvalue weighted by molar-refractivity contribution is -0.143. The molecule has 0 spiro atoms. The van der Waals surface area contributed by atoms with Gasteiger partial charge in [0.15, 0.2) is 0 Å². The van der Waals surface area contributed by atoms with E-state index >= 15 is 0 Å². The van der Waals surface area contributed by atoms with Gasteiger partial charge in [0.05, 0.1) is 5.69 Å². The third kappa shape index (κ3) is 5.50. The van der Waals surface area contributed by atoms with Gasteiger partial charge in [-0.25, -0.2) is 17.9 Å². The number of benzene rings is 1. The molecule has 0 saturated heterocycles. The van der Waals surface area contributed by atoms with Crippen LogP contribution in [0.25, 0.3) is 0 Å². The first-order chi connectivity index (χ1) is 9.86. The van der Waals surface area contributed by atoms with E-state index in [1.54, 1.807) is 13.0 Å². The molecule has 1 rings (SSSR count). The zero-order valence-corrected chi connectivity index (χ0v) is 12.1. The van der Waals surface area contributed by atoms with Crippen LogP contribution in [0, 0.1) is 0 Å². The Bertz CT molecular complexity index is 614. The van der Waals surface area contributed by atoms with E-state index in [1.807, 2.05) is 0 Å². The summed E-state index contributed by atoms with van der Waals surface area (Å²) in [5.74, 6) is -1.84. The standard InChI is InChI=1S/C12H16N2O6S/c1-2-13-21(18,19)10-6-4-3-5-9(10)14-11(15)7-20-8-12(16)17/h3-6,13H,2,7-8H2,1H3,(H,14,15)(H,16,17). The number of aliphatic carboxylic acids is 1. The molecule has 0 aliphatic carbocycles. The second-order valence-electron chi connectivity index (χ2n) is 3.93. The Morgan fingerprint density at radius 1 is 1.24 bits per heavy atom. The van der Waals surface area contributed by atoms with Crippen LogP contribution in [0.5, 0.6) is 0 Å². The van der Waals surface area contributed by atoms with Crippen molar-refractivity contribution in [2.45, 2.75) is 11.8 Å². The molecule has 0 aliphatic heterocycles. The number of anilines is 1. The Labute approximate surface area is 122 Å². The average molecular weight is 316 g/mol. The fraction of sp³-hybridized carbons (Fsp3) is 0.333. The Balaban J connectivity index is 2.80. The molecule has 0 unspecified atom stereocenters. The van der Waals surface area contributed by atoms with Crippen molar-refractivity contribution >= 4 is 27.6 Å². The van der Waals surface area contributed by atoms with Crippen LogP contribution in [0.2, 0.25) is 0 Å². The summed E-state index contributed by atoms with van der Waals surface area (Å²) in [6.07, 6.45) is 0. The number of sulfonamides is 1. The minimum absolute atomic E-state index is 0.0709. The lowest BCUT2D eigenvalue weighted by Gasteiger charge is -2.11. The first-order valence-electron chi connectivity index (χ1n) is 6.05. The lowest BCUT2D eigenvalue weighted by atomic mass is 10.3.